The molecule has 0 aromatic rings. The standard InChI is InChI=1S/C14H26N2O3/c1-10-8-16(9-11(2)19-10)7-5-12-4-3-6-14(12,15)13(17)18/h10-12H,3-9,15H2,1-2H3,(H,17,18)/t10-,11+,12?,14?. The van der Waals surface area contributed by atoms with E-state index in [-0.39, 0.29) is 18.1 Å². The lowest BCUT2D eigenvalue weighted by Crippen LogP contribution is -2.52. The maximum atomic E-state index is 11.3. The van der Waals surface area contributed by atoms with Crippen LogP contribution in [-0.2, 0) is 9.53 Å². The molecule has 0 aromatic heterocycles. The van der Waals surface area contributed by atoms with E-state index in [4.69, 9.17) is 10.5 Å². The lowest BCUT2D eigenvalue weighted by atomic mass is 9.85. The Morgan fingerprint density at radius 2 is 2.05 bits per heavy atom. The van der Waals surface area contributed by atoms with Gasteiger partial charge in [0.15, 0.2) is 0 Å². The van der Waals surface area contributed by atoms with Crippen LogP contribution in [0.3, 0.4) is 0 Å². The summed E-state index contributed by atoms with van der Waals surface area (Å²) in [6.45, 7) is 6.96. The zero-order chi connectivity index (χ0) is 14.0. The van der Waals surface area contributed by atoms with Crippen LogP contribution < -0.4 is 5.73 Å². The van der Waals surface area contributed by atoms with Crippen LogP contribution in [0.2, 0.25) is 0 Å². The lowest BCUT2D eigenvalue weighted by Gasteiger charge is -2.36. The Labute approximate surface area is 115 Å². The first-order valence-corrected chi connectivity index (χ1v) is 7.32. The highest BCUT2D eigenvalue weighted by molar-refractivity contribution is 5.79. The minimum absolute atomic E-state index is 0.110. The summed E-state index contributed by atoms with van der Waals surface area (Å²) < 4.78 is 5.71. The van der Waals surface area contributed by atoms with Crippen LogP contribution in [0.25, 0.3) is 0 Å². The van der Waals surface area contributed by atoms with Gasteiger partial charge in [-0.05, 0) is 45.6 Å². The van der Waals surface area contributed by atoms with E-state index >= 15 is 0 Å². The molecule has 19 heavy (non-hydrogen) atoms. The quantitative estimate of drug-likeness (QED) is 0.799. The lowest BCUT2D eigenvalue weighted by molar-refractivity contribution is -0.145. The van der Waals surface area contributed by atoms with Crippen LogP contribution in [0, 0.1) is 5.92 Å². The molecule has 0 aromatic carbocycles. The van der Waals surface area contributed by atoms with Gasteiger partial charge in [-0.15, -0.1) is 0 Å². The number of hydrogen-bond acceptors (Lipinski definition) is 4. The third kappa shape index (κ3) is 3.27. The molecule has 0 bridgehead atoms. The van der Waals surface area contributed by atoms with E-state index in [1.54, 1.807) is 0 Å². The van der Waals surface area contributed by atoms with Crippen molar-refractivity contribution >= 4 is 5.97 Å². The molecule has 4 atom stereocenters. The second-order valence-electron chi connectivity index (χ2n) is 6.24. The van der Waals surface area contributed by atoms with Gasteiger partial charge in [-0.1, -0.05) is 6.42 Å². The van der Waals surface area contributed by atoms with Gasteiger partial charge in [0, 0.05) is 13.1 Å². The molecule has 1 heterocycles. The summed E-state index contributed by atoms with van der Waals surface area (Å²) in [6, 6.07) is 0. The Morgan fingerprint density at radius 3 is 2.63 bits per heavy atom. The molecular weight excluding hydrogens is 244 g/mol. The van der Waals surface area contributed by atoms with Gasteiger partial charge in [-0.2, -0.15) is 0 Å². The topological polar surface area (TPSA) is 75.8 Å². The number of rotatable bonds is 4. The summed E-state index contributed by atoms with van der Waals surface area (Å²) in [7, 11) is 0. The molecule has 0 spiro atoms. The molecular formula is C14H26N2O3. The Balaban J connectivity index is 1.86. The van der Waals surface area contributed by atoms with Gasteiger partial charge < -0.3 is 15.6 Å². The van der Waals surface area contributed by atoms with Crippen molar-refractivity contribution in [3.63, 3.8) is 0 Å². The van der Waals surface area contributed by atoms with Crippen LogP contribution in [0.1, 0.15) is 39.5 Å². The van der Waals surface area contributed by atoms with Crippen LogP contribution in [0.5, 0.6) is 0 Å². The SMILES string of the molecule is C[C@@H]1CN(CCC2CCCC2(N)C(=O)O)C[C@H](C)O1. The van der Waals surface area contributed by atoms with E-state index in [1.807, 2.05) is 0 Å². The average Bonchev–Trinajstić information content (AvgIpc) is 2.68. The largest absolute Gasteiger partial charge is 0.480 e. The third-order valence-electron chi connectivity index (χ3n) is 4.56. The summed E-state index contributed by atoms with van der Waals surface area (Å²) in [5, 5.41) is 9.31. The predicted octanol–water partition coefficient (Wildman–Crippen LogP) is 1.07. The Morgan fingerprint density at radius 1 is 1.42 bits per heavy atom. The first-order valence-electron chi connectivity index (χ1n) is 7.32. The van der Waals surface area contributed by atoms with Crippen molar-refractivity contribution in [1.29, 1.82) is 0 Å². The molecule has 1 saturated heterocycles. The van der Waals surface area contributed by atoms with Gasteiger partial charge in [0.1, 0.15) is 5.54 Å². The van der Waals surface area contributed by atoms with Gasteiger partial charge in [-0.3, -0.25) is 9.69 Å². The summed E-state index contributed by atoms with van der Waals surface area (Å²) in [5.74, 6) is -0.725. The van der Waals surface area contributed by atoms with Crippen LogP contribution in [-0.4, -0.2) is 53.4 Å². The first kappa shape index (κ1) is 14.8. The molecule has 0 radical (unpaired) electrons. The highest BCUT2D eigenvalue weighted by Gasteiger charge is 2.45. The first-order chi connectivity index (χ1) is 8.91. The monoisotopic (exact) mass is 270 g/mol. The van der Waals surface area contributed by atoms with Crippen LogP contribution in [0.15, 0.2) is 0 Å². The number of carbonyl (C=O) groups is 1. The zero-order valence-electron chi connectivity index (χ0n) is 12.0. The van der Waals surface area contributed by atoms with E-state index in [2.05, 4.69) is 18.7 Å². The third-order valence-corrected chi connectivity index (χ3v) is 4.56. The summed E-state index contributed by atoms with van der Waals surface area (Å²) >= 11 is 0. The van der Waals surface area contributed by atoms with E-state index in [0.717, 1.165) is 38.9 Å². The van der Waals surface area contributed by atoms with Crippen molar-refractivity contribution in [2.75, 3.05) is 19.6 Å². The minimum Gasteiger partial charge on any atom is -0.480 e. The number of hydrogen-bond donors (Lipinski definition) is 2. The Bertz CT molecular complexity index is 327. The molecule has 0 amide bonds. The number of carboxylic acid groups (broad SMARTS) is 1. The highest BCUT2D eigenvalue weighted by atomic mass is 16.5. The van der Waals surface area contributed by atoms with Crippen LogP contribution >= 0.6 is 0 Å². The van der Waals surface area contributed by atoms with Gasteiger partial charge in [0.2, 0.25) is 0 Å². The van der Waals surface area contributed by atoms with Crippen molar-refractivity contribution in [3.05, 3.63) is 0 Å². The van der Waals surface area contributed by atoms with Gasteiger partial charge in [0.25, 0.3) is 0 Å². The molecule has 1 aliphatic carbocycles. The van der Waals surface area contributed by atoms with Crippen molar-refractivity contribution in [2.24, 2.45) is 11.7 Å². The molecule has 2 unspecified atom stereocenters. The fourth-order valence-electron chi connectivity index (χ4n) is 3.59. The van der Waals surface area contributed by atoms with Crippen molar-refractivity contribution in [1.82, 2.24) is 4.90 Å². The van der Waals surface area contributed by atoms with E-state index in [1.165, 1.54) is 0 Å². The minimum atomic E-state index is -0.997. The highest BCUT2D eigenvalue weighted by Crippen LogP contribution is 2.36. The van der Waals surface area contributed by atoms with Crippen molar-refractivity contribution in [2.45, 2.75) is 57.3 Å². The fraction of sp³-hybridized carbons (Fsp3) is 0.929. The maximum Gasteiger partial charge on any atom is 0.323 e. The predicted molar refractivity (Wildman–Crippen MR) is 73.0 cm³/mol. The number of ether oxygens (including phenoxy) is 1. The van der Waals surface area contributed by atoms with E-state index in [0.29, 0.717) is 6.42 Å². The Hall–Kier alpha value is -0.650. The van der Waals surface area contributed by atoms with E-state index < -0.39 is 11.5 Å². The molecule has 5 heteroatoms. The molecule has 110 valence electrons. The molecule has 1 saturated carbocycles. The normalized spacial score (nSPS) is 40.5. The summed E-state index contributed by atoms with van der Waals surface area (Å²) in [4.78, 5) is 13.7. The Kier molecular flexibility index (Phi) is 4.48. The number of carboxylic acids is 1. The number of aliphatic carboxylic acids is 1. The zero-order valence-corrected chi connectivity index (χ0v) is 12.0. The van der Waals surface area contributed by atoms with Gasteiger partial charge in [0.05, 0.1) is 12.2 Å². The number of morpholine rings is 1. The molecule has 5 nitrogen and oxygen atoms in total. The van der Waals surface area contributed by atoms with Crippen LogP contribution in [0.4, 0.5) is 0 Å². The molecule has 2 fully saturated rings. The summed E-state index contributed by atoms with van der Waals surface area (Å²) in [5.41, 5.74) is 5.08. The average molecular weight is 270 g/mol. The second-order valence-corrected chi connectivity index (χ2v) is 6.24. The van der Waals surface area contributed by atoms with E-state index in [9.17, 15) is 9.90 Å². The van der Waals surface area contributed by atoms with Gasteiger partial charge >= 0.3 is 5.97 Å². The van der Waals surface area contributed by atoms with Gasteiger partial charge in [-0.25, -0.2) is 0 Å². The summed E-state index contributed by atoms with van der Waals surface area (Å²) in [6.07, 6.45) is 3.89. The smallest absolute Gasteiger partial charge is 0.323 e. The van der Waals surface area contributed by atoms with Crippen molar-refractivity contribution in [3.8, 4) is 0 Å². The second kappa shape index (κ2) is 5.77. The maximum absolute atomic E-state index is 11.3. The molecule has 2 aliphatic rings. The number of nitrogens with zero attached hydrogens (tertiary/aromatic N) is 1. The molecule has 2 rings (SSSR count). The number of nitrogens with two attached hydrogens (primary N) is 1. The fourth-order valence-corrected chi connectivity index (χ4v) is 3.59. The molecule has 3 N–H and O–H groups in total. The van der Waals surface area contributed by atoms with Crippen molar-refractivity contribution < 1.29 is 14.6 Å². The molecule has 1 aliphatic heterocycles.